The molecule has 0 aromatic carbocycles. The van der Waals surface area contributed by atoms with E-state index < -0.39 is 0 Å². The Labute approximate surface area is 74.0 Å². The smallest absolute Gasteiger partial charge is 0.0171 e. The van der Waals surface area contributed by atoms with Crippen LogP contribution in [0.2, 0.25) is 0 Å². The average Bonchev–Trinajstić information content (AvgIpc) is 2.56. The van der Waals surface area contributed by atoms with Crippen molar-refractivity contribution in [3.05, 3.63) is 12.2 Å². The summed E-state index contributed by atoms with van der Waals surface area (Å²) in [5.41, 5.74) is 0. The second kappa shape index (κ2) is 1.81. The number of hydrogen-bond donors (Lipinski definition) is 0. The molecule has 0 spiro atoms. The van der Waals surface area contributed by atoms with E-state index in [-0.39, 0.29) is 0 Å². The summed E-state index contributed by atoms with van der Waals surface area (Å²) in [6.45, 7) is 0. The summed E-state index contributed by atoms with van der Waals surface area (Å²) in [6.07, 6.45) is 11.4. The number of rotatable bonds is 0. The summed E-state index contributed by atoms with van der Waals surface area (Å²) in [6, 6.07) is 0. The molecule has 0 aliphatic heterocycles. The second-order valence-corrected chi connectivity index (χ2v) is 5.35. The Morgan fingerprint density at radius 2 is 0.917 bits per heavy atom. The maximum absolute atomic E-state index is 2.57. The Morgan fingerprint density at radius 1 is 0.583 bits per heavy atom. The van der Waals surface area contributed by atoms with Crippen LogP contribution in [0.5, 0.6) is 0 Å². The lowest BCUT2D eigenvalue weighted by molar-refractivity contribution is 0.114. The topological polar surface area (TPSA) is 0 Å². The molecule has 0 aromatic heterocycles. The molecule has 0 aromatic rings. The van der Waals surface area contributed by atoms with Crippen LogP contribution >= 0.6 is 0 Å². The minimum atomic E-state index is 1.03. The Bertz CT molecular complexity index is 207. The summed E-state index contributed by atoms with van der Waals surface area (Å²) in [5.74, 6) is 6.58. The van der Waals surface area contributed by atoms with Crippen LogP contribution in [0, 0.1) is 35.5 Å². The molecule has 0 saturated heterocycles. The molecular formula is C12H16. The third kappa shape index (κ3) is 0.496. The minimum Gasteiger partial charge on any atom is -0.0845 e. The maximum atomic E-state index is 2.57. The Morgan fingerprint density at radius 3 is 1.25 bits per heavy atom. The molecule has 5 rings (SSSR count). The van der Waals surface area contributed by atoms with Crippen LogP contribution in [0.4, 0.5) is 0 Å². The molecule has 64 valence electrons. The van der Waals surface area contributed by atoms with Gasteiger partial charge in [-0.1, -0.05) is 12.2 Å². The monoisotopic (exact) mass is 160 g/mol. The highest BCUT2D eigenvalue weighted by Gasteiger charge is 2.57. The molecule has 5 aliphatic carbocycles. The van der Waals surface area contributed by atoms with Gasteiger partial charge >= 0.3 is 0 Å². The highest BCUT2D eigenvalue weighted by molar-refractivity contribution is 5.20. The largest absolute Gasteiger partial charge is 0.0845 e. The van der Waals surface area contributed by atoms with Crippen LogP contribution in [-0.2, 0) is 0 Å². The predicted molar refractivity (Wildman–Crippen MR) is 48.5 cm³/mol. The van der Waals surface area contributed by atoms with Gasteiger partial charge in [0.1, 0.15) is 0 Å². The fourth-order valence-electron chi connectivity index (χ4n) is 5.00. The molecule has 0 amide bonds. The van der Waals surface area contributed by atoms with E-state index in [1.807, 2.05) is 0 Å². The lowest BCUT2D eigenvalue weighted by Gasteiger charge is -2.43. The third-order valence-corrected chi connectivity index (χ3v) is 5.30. The van der Waals surface area contributed by atoms with Crippen LogP contribution < -0.4 is 0 Å². The van der Waals surface area contributed by atoms with Gasteiger partial charge in [0.25, 0.3) is 0 Å². The van der Waals surface area contributed by atoms with Crippen molar-refractivity contribution in [2.75, 3.05) is 0 Å². The Kier molecular flexibility index (Phi) is 0.939. The second-order valence-electron chi connectivity index (χ2n) is 5.35. The van der Waals surface area contributed by atoms with Crippen LogP contribution in [0.15, 0.2) is 12.2 Å². The van der Waals surface area contributed by atoms with Crippen molar-refractivity contribution in [1.82, 2.24) is 0 Å². The highest BCUT2D eigenvalue weighted by Crippen LogP contribution is 2.64. The summed E-state index contributed by atoms with van der Waals surface area (Å²) in [5, 5.41) is 0. The standard InChI is InChI=1S/C12H16/c1-2-8-10-4-3-9-7(1)11(8)5-6-12(9)10/h5-12H,1-4H2. The summed E-state index contributed by atoms with van der Waals surface area (Å²) in [4.78, 5) is 0. The van der Waals surface area contributed by atoms with Gasteiger partial charge in [0, 0.05) is 0 Å². The zero-order valence-electron chi connectivity index (χ0n) is 7.45. The first-order valence-electron chi connectivity index (χ1n) is 5.63. The third-order valence-electron chi connectivity index (χ3n) is 5.30. The van der Waals surface area contributed by atoms with Gasteiger partial charge in [-0.3, -0.25) is 0 Å². The van der Waals surface area contributed by atoms with E-state index in [0.717, 1.165) is 35.5 Å². The summed E-state index contributed by atoms with van der Waals surface area (Å²) in [7, 11) is 0. The summed E-state index contributed by atoms with van der Waals surface area (Å²) < 4.78 is 0. The van der Waals surface area contributed by atoms with E-state index in [2.05, 4.69) is 12.2 Å². The molecule has 3 saturated carbocycles. The molecule has 4 unspecified atom stereocenters. The zero-order valence-corrected chi connectivity index (χ0v) is 7.45. The first-order valence-corrected chi connectivity index (χ1v) is 5.63. The van der Waals surface area contributed by atoms with E-state index in [9.17, 15) is 0 Å². The molecule has 6 bridgehead atoms. The SMILES string of the molecule is C1=CC2C3CCC2C2CCC3C12. The van der Waals surface area contributed by atoms with Crippen molar-refractivity contribution in [3.63, 3.8) is 0 Å². The van der Waals surface area contributed by atoms with Crippen molar-refractivity contribution in [1.29, 1.82) is 0 Å². The molecule has 0 N–H and O–H groups in total. The van der Waals surface area contributed by atoms with Crippen LogP contribution in [-0.4, -0.2) is 0 Å². The molecule has 0 heterocycles. The van der Waals surface area contributed by atoms with Gasteiger partial charge in [-0.05, 0) is 61.2 Å². The molecule has 0 nitrogen and oxygen atoms in total. The minimum absolute atomic E-state index is 1.03. The zero-order chi connectivity index (χ0) is 7.71. The summed E-state index contributed by atoms with van der Waals surface area (Å²) >= 11 is 0. The van der Waals surface area contributed by atoms with Crippen LogP contribution in [0.3, 0.4) is 0 Å². The van der Waals surface area contributed by atoms with Crippen molar-refractivity contribution in [2.45, 2.75) is 25.7 Å². The molecule has 0 heteroatoms. The lowest BCUT2D eigenvalue weighted by Crippen LogP contribution is -2.38. The molecule has 12 heavy (non-hydrogen) atoms. The van der Waals surface area contributed by atoms with E-state index in [1.165, 1.54) is 0 Å². The van der Waals surface area contributed by atoms with Crippen molar-refractivity contribution < 1.29 is 0 Å². The van der Waals surface area contributed by atoms with Crippen molar-refractivity contribution in [2.24, 2.45) is 35.5 Å². The van der Waals surface area contributed by atoms with E-state index in [4.69, 9.17) is 0 Å². The fourth-order valence-corrected chi connectivity index (χ4v) is 5.00. The van der Waals surface area contributed by atoms with Gasteiger partial charge in [-0.2, -0.15) is 0 Å². The average molecular weight is 160 g/mol. The van der Waals surface area contributed by atoms with Gasteiger partial charge in [-0.25, -0.2) is 0 Å². The van der Waals surface area contributed by atoms with E-state index >= 15 is 0 Å². The molecule has 4 atom stereocenters. The number of hydrogen-bond acceptors (Lipinski definition) is 0. The van der Waals surface area contributed by atoms with Gasteiger partial charge in [-0.15, -0.1) is 0 Å². The quantitative estimate of drug-likeness (QED) is 0.478. The highest BCUT2D eigenvalue weighted by atomic mass is 14.6. The van der Waals surface area contributed by atoms with Crippen molar-refractivity contribution >= 4 is 0 Å². The van der Waals surface area contributed by atoms with Gasteiger partial charge < -0.3 is 0 Å². The normalized spacial score (nSPS) is 64.7. The van der Waals surface area contributed by atoms with Crippen LogP contribution in [0.25, 0.3) is 0 Å². The molecule has 5 aliphatic rings. The number of allylic oxidation sites excluding steroid dienone is 2. The first kappa shape index (κ1) is 6.23. The van der Waals surface area contributed by atoms with Gasteiger partial charge in [0.05, 0.1) is 0 Å². The molecule has 3 fully saturated rings. The molecule has 0 radical (unpaired) electrons. The van der Waals surface area contributed by atoms with Gasteiger partial charge in [0.2, 0.25) is 0 Å². The fraction of sp³-hybridized carbons (Fsp3) is 0.833. The first-order chi connectivity index (χ1) is 5.95. The van der Waals surface area contributed by atoms with E-state index in [1.54, 1.807) is 25.7 Å². The van der Waals surface area contributed by atoms with Gasteiger partial charge in [0.15, 0.2) is 0 Å². The van der Waals surface area contributed by atoms with E-state index in [0.29, 0.717) is 0 Å². The lowest BCUT2D eigenvalue weighted by atomic mass is 9.61. The Balaban J connectivity index is 1.94. The maximum Gasteiger partial charge on any atom is -0.0171 e. The molecular weight excluding hydrogens is 144 g/mol. The van der Waals surface area contributed by atoms with Crippen LogP contribution in [0.1, 0.15) is 25.7 Å². The Hall–Kier alpha value is -0.260. The predicted octanol–water partition coefficient (Wildman–Crippen LogP) is 2.85. The van der Waals surface area contributed by atoms with Crippen molar-refractivity contribution in [3.8, 4) is 0 Å².